The van der Waals surface area contributed by atoms with Crippen molar-refractivity contribution < 1.29 is 19.1 Å². The first-order valence-corrected chi connectivity index (χ1v) is 15.9. The lowest BCUT2D eigenvalue weighted by molar-refractivity contribution is 0.0306. The Morgan fingerprint density at radius 3 is 2.18 bits per heavy atom. The van der Waals surface area contributed by atoms with Crippen molar-refractivity contribution >= 4 is 40.4 Å². The van der Waals surface area contributed by atoms with Gasteiger partial charge >= 0.3 is 0 Å². The molecule has 1 N–H and O–H groups in total. The molecule has 3 amide bonds. The second-order valence-corrected chi connectivity index (χ2v) is 12.1. The van der Waals surface area contributed by atoms with Crippen LogP contribution in [0.3, 0.4) is 0 Å². The number of morpholine rings is 1. The maximum absolute atomic E-state index is 13.9. The normalized spacial score (nSPS) is 14.2. The molecule has 0 spiro atoms. The van der Waals surface area contributed by atoms with Gasteiger partial charge in [0.2, 0.25) is 0 Å². The molecule has 8 heteroatoms. The van der Waals surface area contributed by atoms with Crippen molar-refractivity contribution in [1.29, 1.82) is 0 Å². The number of hydrogen-bond donors (Lipinski definition) is 1. The average Bonchev–Trinajstić information content (AvgIpc) is 3.46. The van der Waals surface area contributed by atoms with Gasteiger partial charge in [0.15, 0.2) is 0 Å². The summed E-state index contributed by atoms with van der Waals surface area (Å²) in [6.07, 6.45) is 0.637. The van der Waals surface area contributed by atoms with Crippen molar-refractivity contribution in [1.82, 2.24) is 4.90 Å². The Bertz CT molecular complexity index is 1880. The molecule has 7 nitrogen and oxygen atoms in total. The van der Waals surface area contributed by atoms with Crippen LogP contribution >= 0.6 is 11.3 Å². The Labute approximate surface area is 265 Å². The Morgan fingerprint density at radius 2 is 1.40 bits per heavy atom. The van der Waals surface area contributed by atoms with Gasteiger partial charge in [-0.25, -0.2) is 0 Å². The van der Waals surface area contributed by atoms with Crippen molar-refractivity contribution in [3.05, 3.63) is 131 Å². The number of amides is 3. The molecule has 224 valence electrons. The second-order valence-electron chi connectivity index (χ2n) is 11.0. The minimum Gasteiger partial charge on any atom is -0.378 e. The first-order valence-electron chi connectivity index (χ1n) is 15.0. The Balaban J connectivity index is 1.10. The number of carbonyl (C=O) groups excluding carboxylic acids is 3. The van der Waals surface area contributed by atoms with E-state index in [1.807, 2.05) is 94.7 Å². The third-order valence-electron chi connectivity index (χ3n) is 8.25. The lowest BCUT2D eigenvalue weighted by Gasteiger charge is -2.26. The zero-order chi connectivity index (χ0) is 30.8. The molecule has 0 radical (unpaired) electrons. The number of rotatable bonds is 5. The van der Waals surface area contributed by atoms with E-state index in [1.165, 1.54) is 11.3 Å². The largest absolute Gasteiger partial charge is 0.378 e. The number of para-hydroxylation sites is 1. The minimum atomic E-state index is -0.215. The van der Waals surface area contributed by atoms with Crippen LogP contribution in [0.15, 0.2) is 109 Å². The van der Waals surface area contributed by atoms with Gasteiger partial charge in [0.05, 0.1) is 23.8 Å². The molecular formula is C37H31N3O4S. The van der Waals surface area contributed by atoms with Crippen LogP contribution in [0.4, 0.5) is 11.4 Å². The predicted octanol–water partition coefficient (Wildman–Crippen LogP) is 7.01. The summed E-state index contributed by atoms with van der Waals surface area (Å²) in [5.41, 5.74) is 6.38. The number of benzene rings is 4. The van der Waals surface area contributed by atoms with Crippen LogP contribution in [-0.2, 0) is 11.2 Å². The zero-order valence-corrected chi connectivity index (χ0v) is 25.4. The summed E-state index contributed by atoms with van der Waals surface area (Å²) < 4.78 is 5.42. The van der Waals surface area contributed by atoms with E-state index >= 15 is 0 Å². The Kier molecular flexibility index (Phi) is 7.98. The van der Waals surface area contributed by atoms with Crippen LogP contribution in [0.25, 0.3) is 21.6 Å². The molecule has 1 fully saturated rings. The van der Waals surface area contributed by atoms with Crippen molar-refractivity contribution in [3.63, 3.8) is 0 Å². The SMILES string of the molecule is O=C(Nc1ccc(C(=O)N2CCc3cc(C(=O)N4CCOCC4)sc3-c3ccccc32)cc1)c1ccccc1-c1ccccc1. The van der Waals surface area contributed by atoms with E-state index in [-0.39, 0.29) is 17.7 Å². The zero-order valence-electron chi connectivity index (χ0n) is 24.6. The van der Waals surface area contributed by atoms with Gasteiger partial charge in [-0.2, -0.15) is 0 Å². The number of hydrogen-bond acceptors (Lipinski definition) is 5. The number of ether oxygens (including phenoxy) is 1. The van der Waals surface area contributed by atoms with Crippen LogP contribution in [0.2, 0.25) is 0 Å². The van der Waals surface area contributed by atoms with Gasteiger partial charge in [0.25, 0.3) is 17.7 Å². The quantitative estimate of drug-likeness (QED) is 0.231. The topological polar surface area (TPSA) is 79.0 Å². The molecule has 0 atom stereocenters. The molecule has 0 unspecified atom stereocenters. The number of carbonyl (C=O) groups is 3. The van der Waals surface area contributed by atoms with Crippen LogP contribution in [0.5, 0.6) is 0 Å². The fourth-order valence-electron chi connectivity index (χ4n) is 5.94. The molecule has 0 bridgehead atoms. The number of fused-ring (bicyclic) bond motifs is 3. The van der Waals surface area contributed by atoms with E-state index in [4.69, 9.17) is 4.74 Å². The van der Waals surface area contributed by atoms with E-state index in [0.717, 1.165) is 37.7 Å². The molecule has 7 rings (SSSR count). The van der Waals surface area contributed by atoms with Crippen LogP contribution in [0, 0.1) is 0 Å². The molecule has 3 heterocycles. The van der Waals surface area contributed by atoms with Gasteiger partial charge < -0.3 is 19.9 Å². The molecule has 2 aliphatic rings. The Morgan fingerprint density at radius 1 is 0.711 bits per heavy atom. The molecule has 4 aromatic carbocycles. The highest BCUT2D eigenvalue weighted by Gasteiger charge is 2.29. The second kappa shape index (κ2) is 12.5. The van der Waals surface area contributed by atoms with E-state index in [0.29, 0.717) is 56.1 Å². The fourth-order valence-corrected chi connectivity index (χ4v) is 7.15. The molecule has 2 aliphatic heterocycles. The molecule has 1 saturated heterocycles. The van der Waals surface area contributed by atoms with Crippen molar-refractivity contribution in [2.45, 2.75) is 6.42 Å². The molecule has 0 aliphatic carbocycles. The lowest BCUT2D eigenvalue weighted by Crippen LogP contribution is -2.40. The molecular weight excluding hydrogens is 582 g/mol. The molecule has 1 aromatic heterocycles. The van der Waals surface area contributed by atoms with E-state index in [9.17, 15) is 14.4 Å². The van der Waals surface area contributed by atoms with Gasteiger partial charge in [-0.05, 0) is 65.6 Å². The van der Waals surface area contributed by atoms with Crippen LogP contribution in [0.1, 0.15) is 36.0 Å². The minimum absolute atomic E-state index is 0.0394. The monoisotopic (exact) mass is 613 g/mol. The van der Waals surface area contributed by atoms with Crippen LogP contribution in [-0.4, -0.2) is 55.5 Å². The summed E-state index contributed by atoms with van der Waals surface area (Å²) in [5.74, 6) is -0.292. The Hall–Kier alpha value is -5.05. The van der Waals surface area contributed by atoms with Crippen molar-refractivity contribution in [2.24, 2.45) is 0 Å². The van der Waals surface area contributed by atoms with Gasteiger partial charge in [-0.1, -0.05) is 66.7 Å². The summed E-state index contributed by atoms with van der Waals surface area (Å²) >= 11 is 1.50. The number of anilines is 2. The first kappa shape index (κ1) is 28.7. The highest BCUT2D eigenvalue weighted by Crippen LogP contribution is 2.42. The van der Waals surface area contributed by atoms with Gasteiger partial charge in [0, 0.05) is 46.9 Å². The maximum atomic E-state index is 13.9. The number of nitrogens with one attached hydrogen (secondary N) is 1. The van der Waals surface area contributed by atoms with Gasteiger partial charge in [-0.3, -0.25) is 14.4 Å². The summed E-state index contributed by atoms with van der Waals surface area (Å²) in [4.78, 5) is 45.8. The third-order valence-corrected chi connectivity index (χ3v) is 9.45. The van der Waals surface area contributed by atoms with E-state index < -0.39 is 0 Å². The smallest absolute Gasteiger partial charge is 0.264 e. The third kappa shape index (κ3) is 5.78. The van der Waals surface area contributed by atoms with Gasteiger partial charge in [0.1, 0.15) is 0 Å². The fraction of sp³-hybridized carbons (Fsp3) is 0.162. The highest BCUT2D eigenvalue weighted by molar-refractivity contribution is 7.17. The maximum Gasteiger partial charge on any atom is 0.264 e. The van der Waals surface area contributed by atoms with Crippen molar-refractivity contribution in [3.8, 4) is 21.6 Å². The summed E-state index contributed by atoms with van der Waals surface area (Å²) in [6.45, 7) is 2.81. The average molecular weight is 614 g/mol. The lowest BCUT2D eigenvalue weighted by atomic mass is 9.99. The number of thiophene rings is 1. The number of nitrogens with zero attached hydrogens (tertiary/aromatic N) is 2. The predicted molar refractivity (Wildman–Crippen MR) is 178 cm³/mol. The summed E-state index contributed by atoms with van der Waals surface area (Å²) in [7, 11) is 0. The molecule has 0 saturated carbocycles. The van der Waals surface area contributed by atoms with E-state index in [2.05, 4.69) is 5.32 Å². The molecule has 45 heavy (non-hydrogen) atoms. The van der Waals surface area contributed by atoms with Gasteiger partial charge in [-0.15, -0.1) is 11.3 Å². The van der Waals surface area contributed by atoms with E-state index in [1.54, 1.807) is 24.3 Å². The van der Waals surface area contributed by atoms with Crippen LogP contribution < -0.4 is 10.2 Å². The summed E-state index contributed by atoms with van der Waals surface area (Å²) in [5, 5.41) is 2.99. The van der Waals surface area contributed by atoms with Crippen molar-refractivity contribution in [2.75, 3.05) is 43.1 Å². The molecule has 5 aromatic rings. The highest BCUT2D eigenvalue weighted by atomic mass is 32.1. The summed E-state index contributed by atoms with van der Waals surface area (Å²) in [6, 6.07) is 34.2. The first-order chi connectivity index (χ1) is 22.1. The standard InChI is InChI=1S/C37H31N3O4S/c41-35(30-11-5-4-10-29(30)25-8-2-1-3-9-25)38-28-16-14-26(15-17-28)36(42)40-19-18-27-24-33(37(43)39-20-22-44-23-21-39)45-34(27)31-12-6-7-13-32(31)40/h1-17,24H,18-23H2,(H,38,41).